The van der Waals surface area contributed by atoms with Crippen molar-refractivity contribution < 1.29 is 0 Å². The molecule has 7 aromatic carbocycles. The minimum atomic E-state index is 0.649. The van der Waals surface area contributed by atoms with Gasteiger partial charge in [-0.05, 0) is 61.3 Å². The number of hydrogen-bond acceptors (Lipinski definition) is 3. The SMILES string of the molecule is c1ccc(-c2ccc(-c3nc(-c4ccccc4)nc(-c4cccc(-c5ccc6c7c(cccc57)-c5ccccc5-6)c4)n3)cc2)cc1. The zero-order chi connectivity index (χ0) is 30.5. The number of rotatable bonds is 5. The second-order valence-electron chi connectivity index (χ2n) is 11.6. The van der Waals surface area contributed by atoms with Gasteiger partial charge in [0.1, 0.15) is 0 Å². The van der Waals surface area contributed by atoms with Gasteiger partial charge in [-0.1, -0.05) is 158 Å². The Balaban J connectivity index is 1.16. The van der Waals surface area contributed by atoms with Crippen molar-refractivity contribution >= 4 is 10.8 Å². The zero-order valence-corrected chi connectivity index (χ0v) is 24.9. The molecule has 214 valence electrons. The zero-order valence-electron chi connectivity index (χ0n) is 24.9. The summed E-state index contributed by atoms with van der Waals surface area (Å²) in [5.41, 5.74) is 12.7. The van der Waals surface area contributed by atoms with Gasteiger partial charge < -0.3 is 0 Å². The van der Waals surface area contributed by atoms with Gasteiger partial charge in [-0.3, -0.25) is 0 Å². The van der Waals surface area contributed by atoms with Crippen molar-refractivity contribution in [2.24, 2.45) is 0 Å². The molecule has 9 rings (SSSR count). The van der Waals surface area contributed by atoms with Crippen molar-refractivity contribution in [1.29, 1.82) is 0 Å². The Morgan fingerprint density at radius 3 is 1.39 bits per heavy atom. The van der Waals surface area contributed by atoms with Crippen molar-refractivity contribution in [3.8, 4) is 78.7 Å². The van der Waals surface area contributed by atoms with Crippen LogP contribution in [0.25, 0.3) is 89.4 Å². The van der Waals surface area contributed by atoms with Crippen molar-refractivity contribution in [3.63, 3.8) is 0 Å². The summed E-state index contributed by atoms with van der Waals surface area (Å²) < 4.78 is 0. The van der Waals surface area contributed by atoms with Gasteiger partial charge in [-0.15, -0.1) is 0 Å². The van der Waals surface area contributed by atoms with Crippen LogP contribution in [0.15, 0.2) is 164 Å². The molecule has 3 heteroatoms. The molecule has 1 aromatic heterocycles. The molecule has 0 atom stereocenters. The van der Waals surface area contributed by atoms with Crippen molar-refractivity contribution in [2.45, 2.75) is 0 Å². The summed E-state index contributed by atoms with van der Waals surface area (Å²) in [6.07, 6.45) is 0. The fraction of sp³-hybridized carbons (Fsp3) is 0. The highest BCUT2D eigenvalue weighted by atomic mass is 15.0. The third-order valence-corrected chi connectivity index (χ3v) is 8.90. The Morgan fingerprint density at radius 1 is 0.261 bits per heavy atom. The summed E-state index contributed by atoms with van der Waals surface area (Å²) >= 11 is 0. The lowest BCUT2D eigenvalue weighted by molar-refractivity contribution is 1.07. The van der Waals surface area contributed by atoms with Gasteiger partial charge in [0.25, 0.3) is 0 Å². The summed E-state index contributed by atoms with van der Waals surface area (Å²) in [5.74, 6) is 1.95. The van der Waals surface area contributed by atoms with Gasteiger partial charge in [0.15, 0.2) is 17.5 Å². The van der Waals surface area contributed by atoms with Crippen LogP contribution >= 0.6 is 0 Å². The summed E-state index contributed by atoms with van der Waals surface area (Å²) in [5, 5.41) is 2.57. The fourth-order valence-corrected chi connectivity index (χ4v) is 6.68. The quantitative estimate of drug-likeness (QED) is 0.202. The largest absolute Gasteiger partial charge is 0.208 e. The van der Waals surface area contributed by atoms with Crippen LogP contribution in [0.2, 0.25) is 0 Å². The first-order valence-electron chi connectivity index (χ1n) is 15.5. The molecule has 0 radical (unpaired) electrons. The van der Waals surface area contributed by atoms with E-state index in [0.717, 1.165) is 27.8 Å². The molecule has 1 aliphatic rings. The lowest BCUT2D eigenvalue weighted by Crippen LogP contribution is -2.00. The van der Waals surface area contributed by atoms with E-state index in [4.69, 9.17) is 15.0 Å². The molecule has 46 heavy (non-hydrogen) atoms. The molecule has 0 saturated heterocycles. The van der Waals surface area contributed by atoms with Crippen molar-refractivity contribution in [2.75, 3.05) is 0 Å². The predicted octanol–water partition coefficient (Wildman–Crippen LogP) is 11.0. The van der Waals surface area contributed by atoms with Crippen molar-refractivity contribution in [3.05, 3.63) is 164 Å². The molecular weight excluding hydrogens is 558 g/mol. The third-order valence-electron chi connectivity index (χ3n) is 8.90. The minimum Gasteiger partial charge on any atom is -0.208 e. The number of aromatic nitrogens is 3. The predicted molar refractivity (Wildman–Crippen MR) is 189 cm³/mol. The van der Waals surface area contributed by atoms with Crippen LogP contribution in [0.5, 0.6) is 0 Å². The number of nitrogens with zero attached hydrogens (tertiary/aromatic N) is 3. The van der Waals surface area contributed by atoms with Crippen molar-refractivity contribution in [1.82, 2.24) is 15.0 Å². The van der Waals surface area contributed by atoms with Crippen LogP contribution in [0.1, 0.15) is 0 Å². The summed E-state index contributed by atoms with van der Waals surface area (Å²) in [4.78, 5) is 15.0. The van der Waals surface area contributed by atoms with Gasteiger partial charge in [0.2, 0.25) is 0 Å². The monoisotopic (exact) mass is 585 g/mol. The van der Waals surface area contributed by atoms with E-state index in [1.165, 1.54) is 44.2 Å². The molecule has 0 N–H and O–H groups in total. The second kappa shape index (κ2) is 10.8. The second-order valence-corrected chi connectivity index (χ2v) is 11.6. The molecule has 3 nitrogen and oxygen atoms in total. The lowest BCUT2D eigenvalue weighted by Gasteiger charge is -2.12. The summed E-state index contributed by atoms with van der Waals surface area (Å²) in [7, 11) is 0. The van der Waals surface area contributed by atoms with Crippen LogP contribution in [0, 0.1) is 0 Å². The minimum absolute atomic E-state index is 0.649. The maximum atomic E-state index is 5.04. The Hall–Kier alpha value is -6.19. The molecule has 0 spiro atoms. The van der Waals surface area contributed by atoms with E-state index < -0.39 is 0 Å². The maximum absolute atomic E-state index is 5.04. The van der Waals surface area contributed by atoms with E-state index in [-0.39, 0.29) is 0 Å². The maximum Gasteiger partial charge on any atom is 0.164 e. The number of hydrogen-bond donors (Lipinski definition) is 0. The molecule has 1 aliphatic carbocycles. The number of benzene rings is 7. The normalized spacial score (nSPS) is 11.5. The first-order valence-corrected chi connectivity index (χ1v) is 15.5. The first-order chi connectivity index (χ1) is 22.8. The van der Waals surface area contributed by atoms with E-state index >= 15 is 0 Å². The van der Waals surface area contributed by atoms with Crippen LogP contribution < -0.4 is 0 Å². The summed E-state index contributed by atoms with van der Waals surface area (Å²) in [6, 6.07) is 57.4. The molecule has 0 unspecified atom stereocenters. The van der Waals surface area contributed by atoms with E-state index in [1.807, 2.05) is 36.4 Å². The van der Waals surface area contributed by atoms with Crippen LogP contribution in [-0.4, -0.2) is 15.0 Å². The van der Waals surface area contributed by atoms with Crippen LogP contribution in [0.3, 0.4) is 0 Å². The fourth-order valence-electron chi connectivity index (χ4n) is 6.68. The lowest BCUT2D eigenvalue weighted by atomic mass is 9.93. The molecule has 0 bridgehead atoms. The molecular formula is C43H27N3. The van der Waals surface area contributed by atoms with E-state index in [9.17, 15) is 0 Å². The third kappa shape index (κ3) is 4.41. The van der Waals surface area contributed by atoms with Gasteiger partial charge in [-0.25, -0.2) is 15.0 Å². The van der Waals surface area contributed by atoms with Gasteiger partial charge in [-0.2, -0.15) is 0 Å². The van der Waals surface area contributed by atoms with E-state index in [2.05, 4.69) is 127 Å². The summed E-state index contributed by atoms with van der Waals surface area (Å²) in [6.45, 7) is 0. The standard InChI is InChI=1S/C43H27N3/c1-3-11-28(12-4-1)29-21-23-31(24-22-29)42-44-41(30-13-5-2-6-14-30)45-43(46-42)33-16-9-15-32(27-33)34-25-26-39-36-18-8-7-17-35(36)38-20-10-19-37(34)40(38)39/h1-27H. The Morgan fingerprint density at radius 2 is 0.696 bits per heavy atom. The Labute approximate surface area is 267 Å². The highest BCUT2D eigenvalue weighted by molar-refractivity contribution is 6.18. The van der Waals surface area contributed by atoms with E-state index in [0.29, 0.717) is 17.5 Å². The molecule has 0 fully saturated rings. The van der Waals surface area contributed by atoms with Gasteiger partial charge in [0.05, 0.1) is 0 Å². The first kappa shape index (κ1) is 26.2. The highest BCUT2D eigenvalue weighted by Gasteiger charge is 2.22. The molecule has 0 amide bonds. The molecule has 0 saturated carbocycles. The van der Waals surface area contributed by atoms with Gasteiger partial charge in [0, 0.05) is 16.7 Å². The van der Waals surface area contributed by atoms with Gasteiger partial charge >= 0.3 is 0 Å². The smallest absolute Gasteiger partial charge is 0.164 e. The Kier molecular flexibility index (Phi) is 6.14. The van der Waals surface area contributed by atoms with E-state index in [1.54, 1.807) is 0 Å². The van der Waals surface area contributed by atoms with Crippen LogP contribution in [-0.2, 0) is 0 Å². The molecule has 0 aliphatic heterocycles. The van der Waals surface area contributed by atoms with Crippen LogP contribution in [0.4, 0.5) is 0 Å². The Bertz CT molecular complexity index is 2370. The number of fused-ring (bicyclic) bond motifs is 3. The highest BCUT2D eigenvalue weighted by Crippen LogP contribution is 2.49. The average molecular weight is 586 g/mol. The average Bonchev–Trinajstić information content (AvgIpc) is 3.47. The molecule has 1 heterocycles. The topological polar surface area (TPSA) is 38.7 Å². The molecule has 8 aromatic rings.